The van der Waals surface area contributed by atoms with Crippen molar-refractivity contribution in [3.63, 3.8) is 0 Å². The second-order valence-electron chi connectivity index (χ2n) is 4.03. The van der Waals surface area contributed by atoms with Crippen molar-refractivity contribution >= 4 is 24.2 Å². The first-order valence-electron chi connectivity index (χ1n) is 5.46. The zero-order valence-corrected chi connectivity index (χ0v) is 10.7. The summed E-state index contributed by atoms with van der Waals surface area (Å²) in [6, 6.07) is 12.1. The summed E-state index contributed by atoms with van der Waals surface area (Å²) in [7, 11) is 0. The number of aryl methyl sites for hydroxylation is 1. The molecule has 0 saturated carbocycles. The molecule has 92 valence electrons. The Bertz CT molecular complexity index is 596. The highest BCUT2D eigenvalue weighted by molar-refractivity contribution is 7.80. The molecule has 0 saturated heterocycles. The molecule has 2 N–H and O–H groups in total. The van der Waals surface area contributed by atoms with Gasteiger partial charge in [-0.1, -0.05) is 12.1 Å². The molecule has 0 unspecified atom stereocenters. The number of thiol groups is 1. The normalized spacial score (nSPS) is 10.1. The van der Waals surface area contributed by atoms with Crippen molar-refractivity contribution in [2.75, 3.05) is 5.32 Å². The van der Waals surface area contributed by atoms with Crippen LogP contribution in [0.25, 0.3) is 0 Å². The highest BCUT2D eigenvalue weighted by Gasteiger charge is 2.11. The molecule has 0 radical (unpaired) electrons. The lowest BCUT2D eigenvalue weighted by molar-refractivity contribution is 0.102. The number of hydrogen-bond donors (Lipinski definition) is 3. The molecule has 0 spiro atoms. The average Bonchev–Trinajstić information content (AvgIpc) is 2.28. The van der Waals surface area contributed by atoms with Gasteiger partial charge in [0.15, 0.2) is 0 Å². The van der Waals surface area contributed by atoms with Gasteiger partial charge in [-0.15, -0.1) is 12.6 Å². The fourth-order valence-corrected chi connectivity index (χ4v) is 1.84. The van der Waals surface area contributed by atoms with E-state index in [0.717, 1.165) is 10.5 Å². The summed E-state index contributed by atoms with van der Waals surface area (Å²) < 4.78 is 0. The third-order valence-electron chi connectivity index (χ3n) is 2.50. The van der Waals surface area contributed by atoms with Crippen LogP contribution in [0.2, 0.25) is 0 Å². The van der Waals surface area contributed by atoms with Gasteiger partial charge in [0, 0.05) is 10.6 Å². The topological polar surface area (TPSA) is 49.3 Å². The SMILES string of the molecule is Cc1ccc(C(=O)Nc2cccc(S)c2)c(O)c1. The Hall–Kier alpha value is -1.94. The van der Waals surface area contributed by atoms with Crippen LogP contribution in [0.4, 0.5) is 5.69 Å². The van der Waals surface area contributed by atoms with Crippen molar-refractivity contribution in [3.05, 3.63) is 53.6 Å². The van der Waals surface area contributed by atoms with Crippen LogP contribution in [0.5, 0.6) is 5.75 Å². The van der Waals surface area contributed by atoms with Crippen LogP contribution in [-0.2, 0) is 0 Å². The molecule has 2 rings (SSSR count). The number of phenols is 1. The number of phenolic OH excluding ortho intramolecular Hbond substituents is 1. The summed E-state index contributed by atoms with van der Waals surface area (Å²) in [4.78, 5) is 12.7. The Morgan fingerprint density at radius 3 is 2.67 bits per heavy atom. The van der Waals surface area contributed by atoms with Crippen molar-refractivity contribution < 1.29 is 9.90 Å². The molecule has 0 aromatic heterocycles. The van der Waals surface area contributed by atoms with E-state index in [9.17, 15) is 9.90 Å². The van der Waals surface area contributed by atoms with E-state index in [4.69, 9.17) is 0 Å². The molecule has 18 heavy (non-hydrogen) atoms. The minimum atomic E-state index is -0.341. The van der Waals surface area contributed by atoms with E-state index in [-0.39, 0.29) is 17.2 Å². The molecular weight excluding hydrogens is 246 g/mol. The van der Waals surface area contributed by atoms with Crippen LogP contribution >= 0.6 is 12.6 Å². The lowest BCUT2D eigenvalue weighted by Gasteiger charge is -2.07. The quantitative estimate of drug-likeness (QED) is 0.725. The summed E-state index contributed by atoms with van der Waals surface area (Å²) in [6.45, 7) is 1.85. The Labute approximate surface area is 111 Å². The van der Waals surface area contributed by atoms with Gasteiger partial charge in [0.05, 0.1) is 5.56 Å². The molecule has 2 aromatic rings. The van der Waals surface area contributed by atoms with E-state index in [0.29, 0.717) is 5.69 Å². The zero-order chi connectivity index (χ0) is 13.1. The van der Waals surface area contributed by atoms with Crippen molar-refractivity contribution in [1.29, 1.82) is 0 Å². The monoisotopic (exact) mass is 259 g/mol. The number of amides is 1. The number of anilines is 1. The Kier molecular flexibility index (Phi) is 3.58. The maximum Gasteiger partial charge on any atom is 0.259 e. The van der Waals surface area contributed by atoms with E-state index in [2.05, 4.69) is 17.9 Å². The molecule has 0 bridgehead atoms. The van der Waals surface area contributed by atoms with Gasteiger partial charge in [0.25, 0.3) is 5.91 Å². The molecule has 0 heterocycles. The van der Waals surface area contributed by atoms with Gasteiger partial charge in [-0.25, -0.2) is 0 Å². The summed E-state index contributed by atoms with van der Waals surface area (Å²) in [5.74, 6) is -0.360. The molecule has 0 aliphatic carbocycles. The van der Waals surface area contributed by atoms with Gasteiger partial charge in [0.1, 0.15) is 5.75 Å². The first kappa shape index (κ1) is 12.5. The van der Waals surface area contributed by atoms with E-state index in [1.54, 1.807) is 36.4 Å². The van der Waals surface area contributed by atoms with Gasteiger partial charge >= 0.3 is 0 Å². The number of aromatic hydroxyl groups is 1. The fourth-order valence-electron chi connectivity index (χ4n) is 1.62. The molecular formula is C14H13NO2S. The van der Waals surface area contributed by atoms with Gasteiger partial charge in [0.2, 0.25) is 0 Å². The van der Waals surface area contributed by atoms with Gasteiger partial charge in [-0.05, 0) is 42.8 Å². The van der Waals surface area contributed by atoms with Crippen molar-refractivity contribution in [3.8, 4) is 5.75 Å². The summed E-state index contributed by atoms with van der Waals surface area (Å²) in [5, 5.41) is 12.4. The molecule has 2 aromatic carbocycles. The molecule has 0 aliphatic heterocycles. The van der Waals surface area contributed by atoms with Crippen molar-refractivity contribution in [2.24, 2.45) is 0 Å². The Morgan fingerprint density at radius 2 is 2.00 bits per heavy atom. The van der Waals surface area contributed by atoms with Gasteiger partial charge in [-0.3, -0.25) is 4.79 Å². The molecule has 3 nitrogen and oxygen atoms in total. The molecule has 0 atom stereocenters. The van der Waals surface area contributed by atoms with Gasteiger partial charge in [-0.2, -0.15) is 0 Å². The maximum absolute atomic E-state index is 12.0. The van der Waals surface area contributed by atoms with Crippen molar-refractivity contribution in [1.82, 2.24) is 0 Å². The second-order valence-corrected chi connectivity index (χ2v) is 4.54. The smallest absolute Gasteiger partial charge is 0.259 e. The third-order valence-corrected chi connectivity index (χ3v) is 2.78. The number of carbonyl (C=O) groups excluding carboxylic acids is 1. The van der Waals surface area contributed by atoms with Gasteiger partial charge < -0.3 is 10.4 Å². The third kappa shape index (κ3) is 2.84. The number of rotatable bonds is 2. The summed E-state index contributed by atoms with van der Waals surface area (Å²) in [6.07, 6.45) is 0. The average molecular weight is 259 g/mol. The van der Waals surface area contributed by atoms with E-state index in [1.165, 1.54) is 0 Å². The second kappa shape index (κ2) is 5.14. The number of hydrogen-bond acceptors (Lipinski definition) is 3. The minimum Gasteiger partial charge on any atom is -0.507 e. The van der Waals surface area contributed by atoms with Crippen LogP contribution in [0.1, 0.15) is 15.9 Å². The van der Waals surface area contributed by atoms with E-state index >= 15 is 0 Å². The largest absolute Gasteiger partial charge is 0.507 e. The minimum absolute atomic E-state index is 0.0190. The van der Waals surface area contributed by atoms with Crippen LogP contribution in [0, 0.1) is 6.92 Å². The molecule has 0 aliphatic rings. The van der Waals surface area contributed by atoms with Crippen LogP contribution in [0.15, 0.2) is 47.4 Å². The molecule has 4 heteroatoms. The van der Waals surface area contributed by atoms with Crippen LogP contribution in [-0.4, -0.2) is 11.0 Å². The maximum atomic E-state index is 12.0. The predicted octanol–water partition coefficient (Wildman–Crippen LogP) is 3.24. The van der Waals surface area contributed by atoms with Crippen LogP contribution < -0.4 is 5.32 Å². The number of nitrogens with one attached hydrogen (secondary N) is 1. The zero-order valence-electron chi connectivity index (χ0n) is 9.84. The highest BCUT2D eigenvalue weighted by atomic mass is 32.1. The lowest BCUT2D eigenvalue weighted by atomic mass is 10.1. The number of benzene rings is 2. The van der Waals surface area contributed by atoms with E-state index < -0.39 is 0 Å². The van der Waals surface area contributed by atoms with Crippen molar-refractivity contribution in [2.45, 2.75) is 11.8 Å². The highest BCUT2D eigenvalue weighted by Crippen LogP contribution is 2.20. The summed E-state index contributed by atoms with van der Waals surface area (Å²) >= 11 is 4.20. The fraction of sp³-hybridized carbons (Fsp3) is 0.0714. The Morgan fingerprint density at radius 1 is 1.22 bits per heavy atom. The van der Waals surface area contributed by atoms with E-state index in [1.807, 2.05) is 13.0 Å². The number of carbonyl (C=O) groups is 1. The molecule has 1 amide bonds. The first-order valence-corrected chi connectivity index (χ1v) is 5.91. The molecule has 0 fully saturated rings. The first-order chi connectivity index (χ1) is 8.56. The predicted molar refractivity (Wildman–Crippen MR) is 74.5 cm³/mol. The summed E-state index contributed by atoms with van der Waals surface area (Å²) in [5.41, 5.74) is 1.80. The van der Waals surface area contributed by atoms with Crippen LogP contribution in [0.3, 0.4) is 0 Å². The standard InChI is InChI=1S/C14H13NO2S/c1-9-5-6-12(13(16)7-9)14(17)15-10-3-2-4-11(18)8-10/h2-8,16,18H,1H3,(H,15,17). The lowest BCUT2D eigenvalue weighted by Crippen LogP contribution is -2.12. The Balaban J connectivity index is 2.22.